The smallest absolute Gasteiger partial charge is 0.326 e. The van der Waals surface area contributed by atoms with E-state index < -0.39 is 12.0 Å². The van der Waals surface area contributed by atoms with Gasteiger partial charge in [0.05, 0.1) is 0 Å². The second kappa shape index (κ2) is 6.39. The van der Waals surface area contributed by atoms with Gasteiger partial charge in [0.15, 0.2) is 0 Å². The molecule has 0 heterocycles. The number of fused-ring (bicyclic) bond motifs is 1. The molecule has 2 rings (SSSR count). The lowest BCUT2D eigenvalue weighted by atomic mass is 9.98. The SMILES string of the molecule is CCC(C)C(NC(=O)c1cccc2ccccc12)C(=O)O. The molecule has 0 saturated carbocycles. The Morgan fingerprint density at radius 2 is 1.81 bits per heavy atom. The number of carbonyl (C=O) groups excluding carboxylic acids is 1. The Balaban J connectivity index is 2.32. The van der Waals surface area contributed by atoms with Crippen molar-refractivity contribution in [3.05, 3.63) is 48.0 Å². The minimum Gasteiger partial charge on any atom is -0.480 e. The van der Waals surface area contributed by atoms with Gasteiger partial charge in [-0.25, -0.2) is 4.79 Å². The van der Waals surface area contributed by atoms with Crippen molar-refractivity contribution in [2.75, 3.05) is 0 Å². The monoisotopic (exact) mass is 285 g/mol. The van der Waals surface area contributed by atoms with Crippen molar-refractivity contribution in [2.45, 2.75) is 26.3 Å². The first kappa shape index (κ1) is 15.0. The Morgan fingerprint density at radius 1 is 1.14 bits per heavy atom. The molecule has 0 bridgehead atoms. The second-order valence-electron chi connectivity index (χ2n) is 5.20. The van der Waals surface area contributed by atoms with Crippen molar-refractivity contribution in [3.63, 3.8) is 0 Å². The molecule has 0 saturated heterocycles. The van der Waals surface area contributed by atoms with Crippen LogP contribution in [-0.2, 0) is 4.79 Å². The highest BCUT2D eigenvalue weighted by molar-refractivity contribution is 6.07. The highest BCUT2D eigenvalue weighted by atomic mass is 16.4. The highest BCUT2D eigenvalue weighted by Gasteiger charge is 2.26. The van der Waals surface area contributed by atoms with Gasteiger partial charge in [0, 0.05) is 5.56 Å². The maximum absolute atomic E-state index is 12.4. The van der Waals surface area contributed by atoms with E-state index in [1.54, 1.807) is 12.1 Å². The van der Waals surface area contributed by atoms with Gasteiger partial charge in [0.25, 0.3) is 5.91 Å². The molecule has 4 heteroatoms. The summed E-state index contributed by atoms with van der Waals surface area (Å²) < 4.78 is 0. The molecule has 0 spiro atoms. The van der Waals surface area contributed by atoms with Gasteiger partial charge in [0.2, 0.25) is 0 Å². The minimum atomic E-state index is -1.00. The van der Waals surface area contributed by atoms with E-state index in [-0.39, 0.29) is 11.8 Å². The lowest BCUT2D eigenvalue weighted by Crippen LogP contribution is -2.45. The first-order chi connectivity index (χ1) is 10.0. The van der Waals surface area contributed by atoms with Gasteiger partial charge in [-0.2, -0.15) is 0 Å². The van der Waals surface area contributed by atoms with Crippen LogP contribution in [0.1, 0.15) is 30.6 Å². The molecule has 0 aromatic heterocycles. The molecule has 0 aliphatic heterocycles. The molecule has 0 radical (unpaired) electrons. The molecule has 21 heavy (non-hydrogen) atoms. The number of benzene rings is 2. The zero-order valence-corrected chi connectivity index (χ0v) is 12.2. The van der Waals surface area contributed by atoms with Gasteiger partial charge in [-0.3, -0.25) is 4.79 Å². The van der Waals surface area contributed by atoms with E-state index in [9.17, 15) is 14.7 Å². The average molecular weight is 285 g/mol. The van der Waals surface area contributed by atoms with Crippen LogP contribution in [0.2, 0.25) is 0 Å². The topological polar surface area (TPSA) is 66.4 Å². The quantitative estimate of drug-likeness (QED) is 0.887. The molecule has 2 atom stereocenters. The zero-order valence-electron chi connectivity index (χ0n) is 12.2. The summed E-state index contributed by atoms with van der Waals surface area (Å²) in [5.74, 6) is -1.47. The Bertz CT molecular complexity index is 661. The van der Waals surface area contributed by atoms with Crippen LogP contribution in [0.3, 0.4) is 0 Å². The van der Waals surface area contributed by atoms with Crippen LogP contribution in [0.5, 0.6) is 0 Å². The summed E-state index contributed by atoms with van der Waals surface area (Å²) in [6, 6.07) is 12.1. The van der Waals surface area contributed by atoms with Gasteiger partial charge >= 0.3 is 5.97 Å². The molecule has 0 aliphatic carbocycles. The fourth-order valence-electron chi connectivity index (χ4n) is 2.33. The molecule has 4 nitrogen and oxygen atoms in total. The van der Waals surface area contributed by atoms with Crippen LogP contribution in [0.15, 0.2) is 42.5 Å². The van der Waals surface area contributed by atoms with Crippen LogP contribution in [-0.4, -0.2) is 23.0 Å². The van der Waals surface area contributed by atoms with E-state index in [0.717, 1.165) is 10.8 Å². The lowest BCUT2D eigenvalue weighted by molar-refractivity contribution is -0.140. The van der Waals surface area contributed by atoms with E-state index in [2.05, 4.69) is 5.32 Å². The van der Waals surface area contributed by atoms with Gasteiger partial charge in [-0.15, -0.1) is 0 Å². The molecular formula is C17H19NO3. The van der Waals surface area contributed by atoms with E-state index in [1.165, 1.54) is 0 Å². The summed E-state index contributed by atoms with van der Waals surface area (Å²) in [5, 5.41) is 13.7. The fraction of sp³-hybridized carbons (Fsp3) is 0.294. The van der Waals surface area contributed by atoms with Crippen molar-refractivity contribution in [1.29, 1.82) is 0 Å². The molecule has 2 unspecified atom stereocenters. The number of carboxylic acids is 1. The molecule has 1 amide bonds. The summed E-state index contributed by atoms with van der Waals surface area (Å²) in [5.41, 5.74) is 0.502. The zero-order chi connectivity index (χ0) is 15.4. The third-order valence-electron chi connectivity index (χ3n) is 3.80. The van der Waals surface area contributed by atoms with E-state index >= 15 is 0 Å². The summed E-state index contributed by atoms with van der Waals surface area (Å²) in [6.45, 7) is 3.73. The normalized spacial score (nSPS) is 13.6. The number of amides is 1. The van der Waals surface area contributed by atoms with E-state index in [4.69, 9.17) is 0 Å². The molecular weight excluding hydrogens is 266 g/mol. The van der Waals surface area contributed by atoms with Crippen molar-refractivity contribution in [2.24, 2.45) is 5.92 Å². The number of hydrogen-bond donors (Lipinski definition) is 2. The van der Waals surface area contributed by atoms with E-state index in [0.29, 0.717) is 12.0 Å². The fourth-order valence-corrected chi connectivity index (χ4v) is 2.33. The summed E-state index contributed by atoms with van der Waals surface area (Å²) in [6.07, 6.45) is 0.687. The van der Waals surface area contributed by atoms with Crippen LogP contribution >= 0.6 is 0 Å². The Kier molecular flexibility index (Phi) is 4.58. The van der Waals surface area contributed by atoms with Gasteiger partial charge < -0.3 is 10.4 Å². The Morgan fingerprint density at radius 3 is 2.48 bits per heavy atom. The van der Waals surface area contributed by atoms with Crippen molar-refractivity contribution >= 4 is 22.6 Å². The van der Waals surface area contributed by atoms with Crippen LogP contribution in [0.4, 0.5) is 0 Å². The van der Waals surface area contributed by atoms with Gasteiger partial charge in [0.1, 0.15) is 6.04 Å². The first-order valence-electron chi connectivity index (χ1n) is 7.06. The van der Waals surface area contributed by atoms with Crippen molar-refractivity contribution in [3.8, 4) is 0 Å². The molecule has 0 fully saturated rings. The largest absolute Gasteiger partial charge is 0.480 e. The van der Waals surface area contributed by atoms with Crippen LogP contribution < -0.4 is 5.32 Å². The summed E-state index contributed by atoms with van der Waals surface area (Å²) >= 11 is 0. The van der Waals surface area contributed by atoms with Gasteiger partial charge in [-0.1, -0.05) is 56.7 Å². The highest BCUT2D eigenvalue weighted by Crippen LogP contribution is 2.19. The minimum absolute atomic E-state index is 0.124. The maximum atomic E-state index is 12.4. The standard InChI is InChI=1S/C17H19NO3/c1-3-11(2)15(17(20)21)18-16(19)14-10-6-8-12-7-4-5-9-13(12)14/h4-11,15H,3H2,1-2H3,(H,18,19)(H,20,21). The van der Waals surface area contributed by atoms with Crippen molar-refractivity contribution < 1.29 is 14.7 Å². The van der Waals surface area contributed by atoms with Crippen LogP contribution in [0, 0.1) is 5.92 Å². The van der Waals surface area contributed by atoms with Gasteiger partial charge in [-0.05, 0) is 22.8 Å². The number of carboxylic acid groups (broad SMARTS) is 1. The molecule has 2 aromatic rings. The molecule has 0 aliphatic rings. The summed E-state index contributed by atoms with van der Waals surface area (Å²) in [4.78, 5) is 23.7. The van der Waals surface area contributed by atoms with Crippen LogP contribution in [0.25, 0.3) is 10.8 Å². The number of carbonyl (C=O) groups is 2. The maximum Gasteiger partial charge on any atom is 0.326 e. The molecule has 2 aromatic carbocycles. The predicted octanol–water partition coefficient (Wildman–Crippen LogP) is 3.07. The second-order valence-corrected chi connectivity index (χ2v) is 5.20. The number of nitrogens with one attached hydrogen (secondary N) is 1. The molecule has 110 valence electrons. The third kappa shape index (κ3) is 3.21. The lowest BCUT2D eigenvalue weighted by Gasteiger charge is -2.20. The number of aliphatic carboxylic acids is 1. The summed E-state index contributed by atoms with van der Waals surface area (Å²) in [7, 11) is 0. The van der Waals surface area contributed by atoms with E-state index in [1.807, 2.05) is 44.2 Å². The predicted molar refractivity (Wildman–Crippen MR) is 82.3 cm³/mol. The number of rotatable bonds is 5. The average Bonchev–Trinajstić information content (AvgIpc) is 2.50. The third-order valence-corrected chi connectivity index (χ3v) is 3.80. The number of hydrogen-bond acceptors (Lipinski definition) is 2. The van der Waals surface area contributed by atoms with Crippen molar-refractivity contribution in [1.82, 2.24) is 5.32 Å². The Hall–Kier alpha value is -2.36. The molecule has 2 N–H and O–H groups in total. The first-order valence-corrected chi connectivity index (χ1v) is 7.06. The Labute approximate surface area is 123 Å².